The van der Waals surface area contributed by atoms with E-state index in [2.05, 4.69) is 15.5 Å². The van der Waals surface area contributed by atoms with E-state index in [1.54, 1.807) is 0 Å². The summed E-state index contributed by atoms with van der Waals surface area (Å²) in [6.45, 7) is 2.42. The number of rotatable bonds is 6. The summed E-state index contributed by atoms with van der Waals surface area (Å²) >= 11 is 0. The number of amides is 2. The minimum absolute atomic E-state index is 0.247. The number of nitrogens with zero attached hydrogens (tertiary/aromatic N) is 1. The standard InChI is InChI=1S/C17H23F2N3O2/c18-13-2-1-3-14(19)16(13)15(23)9-21-17(24)20-8-11-6-7-22(10-11)12-4-5-12/h1-3,11-12,15,23H,4-10H2,(H2,20,21,24). The fourth-order valence-electron chi connectivity index (χ4n) is 3.22. The van der Waals surface area contributed by atoms with Gasteiger partial charge in [0, 0.05) is 25.7 Å². The highest BCUT2D eigenvalue weighted by molar-refractivity contribution is 5.73. The second-order valence-corrected chi connectivity index (χ2v) is 6.62. The number of nitrogens with one attached hydrogen (secondary N) is 2. The molecule has 0 spiro atoms. The topological polar surface area (TPSA) is 64.6 Å². The van der Waals surface area contributed by atoms with Crippen LogP contribution < -0.4 is 10.6 Å². The predicted octanol–water partition coefficient (Wildman–Crippen LogP) is 1.78. The van der Waals surface area contributed by atoms with Crippen LogP contribution in [-0.4, -0.2) is 48.3 Å². The van der Waals surface area contributed by atoms with Crippen LogP contribution in [0.1, 0.15) is 30.9 Å². The van der Waals surface area contributed by atoms with E-state index in [-0.39, 0.29) is 6.54 Å². The molecule has 24 heavy (non-hydrogen) atoms. The first-order valence-corrected chi connectivity index (χ1v) is 8.42. The number of aliphatic hydroxyl groups is 1. The minimum atomic E-state index is -1.42. The zero-order valence-electron chi connectivity index (χ0n) is 13.5. The third-order valence-corrected chi connectivity index (χ3v) is 4.72. The van der Waals surface area contributed by atoms with Crippen molar-refractivity contribution in [2.24, 2.45) is 5.92 Å². The number of urea groups is 1. The van der Waals surface area contributed by atoms with Crippen LogP contribution in [0.25, 0.3) is 0 Å². The first-order valence-electron chi connectivity index (χ1n) is 8.42. The summed E-state index contributed by atoms with van der Waals surface area (Å²) in [7, 11) is 0. The summed E-state index contributed by atoms with van der Waals surface area (Å²) in [5.74, 6) is -1.21. The number of aliphatic hydroxyl groups excluding tert-OH is 1. The van der Waals surface area contributed by atoms with Gasteiger partial charge in [-0.2, -0.15) is 0 Å². The van der Waals surface area contributed by atoms with Gasteiger partial charge in [0.15, 0.2) is 0 Å². The largest absolute Gasteiger partial charge is 0.386 e. The van der Waals surface area contributed by atoms with E-state index >= 15 is 0 Å². The molecule has 1 saturated heterocycles. The Morgan fingerprint density at radius 3 is 2.62 bits per heavy atom. The Balaban J connectivity index is 1.39. The average molecular weight is 339 g/mol. The first kappa shape index (κ1) is 17.1. The molecule has 7 heteroatoms. The van der Waals surface area contributed by atoms with Gasteiger partial charge in [-0.1, -0.05) is 6.07 Å². The molecule has 1 aromatic carbocycles. The van der Waals surface area contributed by atoms with E-state index in [0.717, 1.165) is 37.7 Å². The molecule has 1 saturated carbocycles. The van der Waals surface area contributed by atoms with E-state index in [1.165, 1.54) is 18.9 Å². The number of hydrogen-bond donors (Lipinski definition) is 3. The van der Waals surface area contributed by atoms with E-state index in [1.807, 2.05) is 0 Å². The van der Waals surface area contributed by atoms with E-state index < -0.39 is 29.3 Å². The van der Waals surface area contributed by atoms with Gasteiger partial charge in [0.05, 0.1) is 5.56 Å². The fraction of sp³-hybridized carbons (Fsp3) is 0.588. The molecule has 2 aliphatic rings. The van der Waals surface area contributed by atoms with Crippen molar-refractivity contribution >= 4 is 6.03 Å². The van der Waals surface area contributed by atoms with E-state index in [0.29, 0.717) is 12.5 Å². The summed E-state index contributed by atoms with van der Waals surface area (Å²) in [5.41, 5.74) is -0.423. The zero-order chi connectivity index (χ0) is 17.1. The number of benzene rings is 1. The lowest BCUT2D eigenvalue weighted by Crippen LogP contribution is -2.40. The van der Waals surface area contributed by atoms with Gasteiger partial charge in [-0.15, -0.1) is 0 Å². The third kappa shape index (κ3) is 4.21. The maximum absolute atomic E-state index is 13.6. The fourth-order valence-corrected chi connectivity index (χ4v) is 3.22. The van der Waals surface area contributed by atoms with Crippen molar-refractivity contribution in [3.8, 4) is 0 Å². The summed E-state index contributed by atoms with van der Waals surface area (Å²) in [4.78, 5) is 14.3. The smallest absolute Gasteiger partial charge is 0.314 e. The van der Waals surface area contributed by atoms with Gasteiger partial charge in [0.1, 0.15) is 17.7 Å². The van der Waals surface area contributed by atoms with Crippen LogP contribution in [0.15, 0.2) is 18.2 Å². The summed E-state index contributed by atoms with van der Waals surface area (Å²) < 4.78 is 27.1. The first-order chi connectivity index (χ1) is 11.5. The molecule has 1 heterocycles. The van der Waals surface area contributed by atoms with Gasteiger partial charge in [0.25, 0.3) is 0 Å². The molecular weight excluding hydrogens is 316 g/mol. The average Bonchev–Trinajstić information content (AvgIpc) is 3.29. The zero-order valence-corrected chi connectivity index (χ0v) is 13.5. The molecule has 2 unspecified atom stereocenters. The number of hydrogen-bond acceptors (Lipinski definition) is 3. The maximum Gasteiger partial charge on any atom is 0.314 e. The molecule has 0 radical (unpaired) electrons. The Kier molecular flexibility index (Phi) is 5.30. The second kappa shape index (κ2) is 7.44. The molecule has 1 aliphatic carbocycles. The molecule has 1 aliphatic heterocycles. The molecule has 132 valence electrons. The molecule has 0 bridgehead atoms. The summed E-state index contributed by atoms with van der Waals surface area (Å²) in [6.07, 6.45) is 2.21. The van der Waals surface area contributed by atoms with Gasteiger partial charge in [-0.05, 0) is 43.9 Å². The molecule has 3 N–H and O–H groups in total. The Morgan fingerprint density at radius 2 is 1.96 bits per heavy atom. The second-order valence-electron chi connectivity index (χ2n) is 6.62. The Labute approximate surface area is 140 Å². The van der Waals surface area contributed by atoms with E-state index in [4.69, 9.17) is 0 Å². The van der Waals surface area contributed by atoms with Crippen molar-refractivity contribution in [3.63, 3.8) is 0 Å². The summed E-state index contributed by atoms with van der Waals surface area (Å²) in [5, 5.41) is 15.1. The number of carbonyl (C=O) groups excluding carboxylic acids is 1. The molecule has 2 fully saturated rings. The van der Waals surface area contributed by atoms with Gasteiger partial charge in [0.2, 0.25) is 0 Å². The molecule has 5 nitrogen and oxygen atoms in total. The minimum Gasteiger partial charge on any atom is -0.386 e. The molecular formula is C17H23F2N3O2. The molecule has 3 rings (SSSR count). The lowest BCUT2D eigenvalue weighted by Gasteiger charge is -2.16. The monoisotopic (exact) mass is 339 g/mol. The van der Waals surface area contributed by atoms with E-state index in [9.17, 15) is 18.7 Å². The quantitative estimate of drug-likeness (QED) is 0.740. The predicted molar refractivity (Wildman–Crippen MR) is 85.4 cm³/mol. The van der Waals surface area contributed by atoms with Gasteiger partial charge >= 0.3 is 6.03 Å². The van der Waals surface area contributed by atoms with Crippen LogP contribution in [0.3, 0.4) is 0 Å². The Bertz CT molecular complexity index is 575. The Hall–Kier alpha value is -1.73. The van der Waals surface area contributed by atoms with Crippen molar-refractivity contribution in [1.82, 2.24) is 15.5 Å². The summed E-state index contributed by atoms with van der Waals surface area (Å²) in [6, 6.07) is 3.69. The third-order valence-electron chi connectivity index (χ3n) is 4.72. The Morgan fingerprint density at radius 1 is 1.25 bits per heavy atom. The van der Waals surface area contributed by atoms with Crippen molar-refractivity contribution in [2.75, 3.05) is 26.2 Å². The molecule has 0 aromatic heterocycles. The van der Waals surface area contributed by atoms with Crippen molar-refractivity contribution in [1.29, 1.82) is 0 Å². The van der Waals surface area contributed by atoms with Crippen LogP contribution >= 0.6 is 0 Å². The number of carbonyl (C=O) groups is 1. The highest BCUT2D eigenvalue weighted by Gasteiger charge is 2.34. The highest BCUT2D eigenvalue weighted by Crippen LogP contribution is 2.31. The van der Waals surface area contributed by atoms with Crippen LogP contribution in [0.5, 0.6) is 0 Å². The lowest BCUT2D eigenvalue weighted by atomic mass is 10.1. The van der Waals surface area contributed by atoms with Crippen molar-refractivity contribution in [3.05, 3.63) is 35.4 Å². The van der Waals surface area contributed by atoms with Crippen LogP contribution in [-0.2, 0) is 0 Å². The normalized spacial score (nSPS) is 22.4. The van der Waals surface area contributed by atoms with Crippen LogP contribution in [0.4, 0.5) is 13.6 Å². The molecule has 2 amide bonds. The number of likely N-dealkylation sites (tertiary alicyclic amines) is 1. The number of halogens is 2. The highest BCUT2D eigenvalue weighted by atomic mass is 19.1. The van der Waals surface area contributed by atoms with Crippen molar-refractivity contribution in [2.45, 2.75) is 31.4 Å². The lowest BCUT2D eigenvalue weighted by molar-refractivity contribution is 0.164. The van der Waals surface area contributed by atoms with Gasteiger partial charge in [-0.3, -0.25) is 0 Å². The van der Waals surface area contributed by atoms with Gasteiger partial charge < -0.3 is 20.6 Å². The SMILES string of the molecule is O=C(NCC1CCN(C2CC2)C1)NCC(O)c1c(F)cccc1F. The van der Waals surface area contributed by atoms with Crippen LogP contribution in [0, 0.1) is 17.6 Å². The van der Waals surface area contributed by atoms with Crippen LogP contribution in [0.2, 0.25) is 0 Å². The molecule has 2 atom stereocenters. The molecule has 1 aromatic rings. The maximum atomic E-state index is 13.6. The van der Waals surface area contributed by atoms with Crippen molar-refractivity contribution < 1.29 is 18.7 Å². The van der Waals surface area contributed by atoms with Gasteiger partial charge in [-0.25, -0.2) is 13.6 Å².